The SMILES string of the molecule is O=C(O)N1CCCC(O)(c2cc(F)cc(F)c2)CC1. The molecule has 1 saturated heterocycles. The Kier molecular flexibility index (Phi) is 3.71. The van der Waals surface area contributed by atoms with Crippen molar-refractivity contribution in [3.8, 4) is 0 Å². The Balaban J connectivity index is 2.24. The van der Waals surface area contributed by atoms with Gasteiger partial charge in [0.1, 0.15) is 11.6 Å². The lowest BCUT2D eigenvalue weighted by Crippen LogP contribution is -2.32. The molecular weight excluding hydrogens is 256 g/mol. The number of benzene rings is 1. The number of aliphatic hydroxyl groups is 1. The number of amides is 1. The summed E-state index contributed by atoms with van der Waals surface area (Å²) in [5.74, 6) is -1.49. The predicted molar refractivity (Wildman–Crippen MR) is 63.7 cm³/mol. The molecule has 0 aliphatic carbocycles. The minimum absolute atomic E-state index is 0.127. The summed E-state index contributed by atoms with van der Waals surface area (Å²) in [4.78, 5) is 12.1. The molecule has 0 saturated carbocycles. The average Bonchev–Trinajstić information content (AvgIpc) is 2.51. The van der Waals surface area contributed by atoms with Gasteiger partial charge in [-0.05, 0) is 37.0 Å². The predicted octanol–water partition coefficient (Wildman–Crippen LogP) is 2.32. The number of carboxylic acid groups (broad SMARTS) is 1. The molecule has 1 aromatic rings. The van der Waals surface area contributed by atoms with Crippen molar-refractivity contribution in [2.75, 3.05) is 13.1 Å². The molecule has 1 atom stereocenters. The molecule has 0 bridgehead atoms. The van der Waals surface area contributed by atoms with Gasteiger partial charge >= 0.3 is 6.09 Å². The van der Waals surface area contributed by atoms with Gasteiger partial charge in [0, 0.05) is 19.2 Å². The topological polar surface area (TPSA) is 60.8 Å². The Morgan fingerprint density at radius 2 is 1.79 bits per heavy atom. The van der Waals surface area contributed by atoms with Gasteiger partial charge < -0.3 is 15.1 Å². The summed E-state index contributed by atoms with van der Waals surface area (Å²) < 4.78 is 26.4. The van der Waals surface area contributed by atoms with Crippen LogP contribution in [0.3, 0.4) is 0 Å². The molecule has 1 aliphatic rings. The third-order valence-electron chi connectivity index (χ3n) is 3.48. The summed E-state index contributed by atoms with van der Waals surface area (Å²) in [6.45, 7) is 0.458. The van der Waals surface area contributed by atoms with Gasteiger partial charge in [-0.1, -0.05) is 0 Å². The van der Waals surface area contributed by atoms with Crippen molar-refractivity contribution >= 4 is 6.09 Å². The van der Waals surface area contributed by atoms with Crippen LogP contribution in [0.1, 0.15) is 24.8 Å². The normalized spacial score (nSPS) is 24.1. The molecule has 104 valence electrons. The van der Waals surface area contributed by atoms with Crippen molar-refractivity contribution in [3.63, 3.8) is 0 Å². The highest BCUT2D eigenvalue weighted by molar-refractivity contribution is 5.64. The van der Waals surface area contributed by atoms with Gasteiger partial charge in [0.05, 0.1) is 5.60 Å². The minimum Gasteiger partial charge on any atom is -0.465 e. The third kappa shape index (κ3) is 3.01. The third-order valence-corrected chi connectivity index (χ3v) is 3.48. The lowest BCUT2D eigenvalue weighted by atomic mass is 9.87. The van der Waals surface area contributed by atoms with E-state index < -0.39 is 23.3 Å². The van der Waals surface area contributed by atoms with Crippen LogP contribution in [0, 0.1) is 11.6 Å². The van der Waals surface area contributed by atoms with E-state index in [4.69, 9.17) is 5.11 Å². The van der Waals surface area contributed by atoms with Crippen LogP contribution < -0.4 is 0 Å². The average molecular weight is 271 g/mol. The van der Waals surface area contributed by atoms with Crippen molar-refractivity contribution in [2.24, 2.45) is 0 Å². The molecule has 1 aliphatic heterocycles. The van der Waals surface area contributed by atoms with Crippen molar-refractivity contribution in [1.29, 1.82) is 0 Å². The van der Waals surface area contributed by atoms with Gasteiger partial charge in [0.25, 0.3) is 0 Å². The monoisotopic (exact) mass is 271 g/mol. The van der Waals surface area contributed by atoms with Crippen LogP contribution in [0.5, 0.6) is 0 Å². The first-order chi connectivity index (χ1) is 8.90. The van der Waals surface area contributed by atoms with Crippen LogP contribution in [-0.4, -0.2) is 34.3 Å². The number of carbonyl (C=O) groups is 1. The van der Waals surface area contributed by atoms with Gasteiger partial charge in [-0.2, -0.15) is 0 Å². The summed E-state index contributed by atoms with van der Waals surface area (Å²) in [7, 11) is 0. The standard InChI is InChI=1S/C13H15F2NO3/c14-10-6-9(7-11(15)8-10)13(19)2-1-4-16(5-3-13)12(17)18/h6-8,19H,1-5H2,(H,17,18). The van der Waals surface area contributed by atoms with Crippen LogP contribution in [0.2, 0.25) is 0 Å². The second-order valence-corrected chi connectivity index (χ2v) is 4.81. The zero-order valence-electron chi connectivity index (χ0n) is 10.3. The summed E-state index contributed by atoms with van der Waals surface area (Å²) in [6, 6.07) is 2.94. The molecule has 1 fully saturated rings. The van der Waals surface area contributed by atoms with Crippen molar-refractivity contribution in [3.05, 3.63) is 35.4 Å². The highest BCUT2D eigenvalue weighted by atomic mass is 19.1. The first-order valence-electron chi connectivity index (χ1n) is 6.07. The lowest BCUT2D eigenvalue weighted by molar-refractivity contribution is 0.0210. The maximum Gasteiger partial charge on any atom is 0.407 e. The van der Waals surface area contributed by atoms with E-state index >= 15 is 0 Å². The van der Waals surface area contributed by atoms with Gasteiger partial charge in [-0.25, -0.2) is 13.6 Å². The molecule has 19 heavy (non-hydrogen) atoms. The molecular formula is C13H15F2NO3. The molecule has 1 unspecified atom stereocenters. The maximum atomic E-state index is 13.2. The molecule has 0 radical (unpaired) electrons. The Hall–Kier alpha value is -1.69. The van der Waals surface area contributed by atoms with E-state index in [0.717, 1.165) is 18.2 Å². The fourth-order valence-electron chi connectivity index (χ4n) is 2.42. The van der Waals surface area contributed by atoms with Crippen molar-refractivity contribution < 1.29 is 23.8 Å². The first kappa shape index (κ1) is 13.7. The number of nitrogens with zero attached hydrogens (tertiary/aromatic N) is 1. The van der Waals surface area contributed by atoms with Crippen LogP contribution in [0.15, 0.2) is 18.2 Å². The molecule has 4 nitrogen and oxygen atoms in total. The quantitative estimate of drug-likeness (QED) is 0.824. The van der Waals surface area contributed by atoms with E-state index in [2.05, 4.69) is 0 Å². The van der Waals surface area contributed by atoms with Crippen LogP contribution >= 0.6 is 0 Å². The Morgan fingerprint density at radius 3 is 2.37 bits per heavy atom. The summed E-state index contributed by atoms with van der Waals surface area (Å²) in [6.07, 6.45) is -0.197. The highest BCUT2D eigenvalue weighted by Gasteiger charge is 2.33. The number of hydrogen-bond donors (Lipinski definition) is 2. The van der Waals surface area contributed by atoms with Crippen LogP contribution in [-0.2, 0) is 5.60 Å². The van der Waals surface area contributed by atoms with Crippen LogP contribution in [0.4, 0.5) is 13.6 Å². The Bertz CT molecular complexity index is 475. The van der Waals surface area contributed by atoms with Gasteiger partial charge in [0.2, 0.25) is 0 Å². The van der Waals surface area contributed by atoms with Crippen LogP contribution in [0.25, 0.3) is 0 Å². The number of halogens is 2. The second-order valence-electron chi connectivity index (χ2n) is 4.81. The lowest BCUT2D eigenvalue weighted by Gasteiger charge is -2.27. The van der Waals surface area contributed by atoms with E-state index in [-0.39, 0.29) is 24.9 Å². The summed E-state index contributed by atoms with van der Waals surface area (Å²) in [5, 5.41) is 19.4. The minimum atomic E-state index is -1.38. The van der Waals surface area contributed by atoms with Crippen molar-refractivity contribution in [2.45, 2.75) is 24.9 Å². The largest absolute Gasteiger partial charge is 0.465 e. The zero-order chi connectivity index (χ0) is 14.0. The first-order valence-corrected chi connectivity index (χ1v) is 6.07. The van der Waals surface area contributed by atoms with E-state index in [1.807, 2.05) is 0 Å². The fraction of sp³-hybridized carbons (Fsp3) is 0.462. The number of likely N-dealkylation sites (tertiary alicyclic amines) is 1. The molecule has 0 aromatic heterocycles. The second kappa shape index (κ2) is 5.13. The molecule has 0 spiro atoms. The highest BCUT2D eigenvalue weighted by Crippen LogP contribution is 2.33. The van der Waals surface area contributed by atoms with E-state index in [9.17, 15) is 18.7 Å². The van der Waals surface area contributed by atoms with Gasteiger partial charge in [0.15, 0.2) is 0 Å². The Morgan fingerprint density at radius 1 is 1.16 bits per heavy atom. The Labute approximate surface area is 109 Å². The smallest absolute Gasteiger partial charge is 0.407 e. The van der Waals surface area contributed by atoms with Gasteiger partial charge in [-0.15, -0.1) is 0 Å². The van der Waals surface area contributed by atoms with E-state index in [0.29, 0.717) is 13.0 Å². The molecule has 6 heteroatoms. The maximum absolute atomic E-state index is 13.2. The molecule has 1 aromatic carbocycles. The number of hydrogen-bond acceptors (Lipinski definition) is 2. The molecule has 2 rings (SSSR count). The van der Waals surface area contributed by atoms with E-state index in [1.54, 1.807) is 0 Å². The summed E-state index contributed by atoms with van der Waals surface area (Å²) >= 11 is 0. The zero-order valence-corrected chi connectivity index (χ0v) is 10.3. The van der Waals surface area contributed by atoms with E-state index in [1.165, 1.54) is 4.90 Å². The molecule has 2 N–H and O–H groups in total. The van der Waals surface area contributed by atoms with Crippen molar-refractivity contribution in [1.82, 2.24) is 4.90 Å². The molecule has 1 heterocycles. The fourth-order valence-corrected chi connectivity index (χ4v) is 2.42. The number of rotatable bonds is 1. The molecule has 1 amide bonds. The van der Waals surface area contributed by atoms with Gasteiger partial charge in [-0.3, -0.25) is 0 Å². The summed E-state index contributed by atoms with van der Waals surface area (Å²) in [5.41, 5.74) is -1.22.